The van der Waals surface area contributed by atoms with E-state index in [9.17, 15) is 0 Å². The molecule has 1 fully saturated rings. The van der Waals surface area contributed by atoms with Crippen LogP contribution in [-0.2, 0) is 0 Å². The van der Waals surface area contributed by atoms with E-state index in [0.29, 0.717) is 0 Å². The molecule has 1 rings (SSSR count). The molecule has 1 aliphatic heterocycles. The second kappa shape index (κ2) is 5.01. The van der Waals surface area contributed by atoms with Gasteiger partial charge in [-0.2, -0.15) is 0 Å². The molecule has 0 spiro atoms. The summed E-state index contributed by atoms with van der Waals surface area (Å²) in [6, 6.07) is 0. The van der Waals surface area contributed by atoms with Crippen LogP contribution < -0.4 is 5.32 Å². The number of hydrogen-bond donors (Lipinski definition) is 1. The first-order valence-electron chi connectivity index (χ1n) is 4.33. The molecule has 0 atom stereocenters. The van der Waals surface area contributed by atoms with Crippen LogP contribution in [0, 0.1) is 0 Å². The van der Waals surface area contributed by atoms with E-state index in [1.165, 1.54) is 32.1 Å². The van der Waals surface area contributed by atoms with Gasteiger partial charge in [0.05, 0.1) is 0 Å². The standard InChI is InChI=1S/C8H18N2S/c1-8(2)11-7-10-5-3-9-4-6-10/h8-9H,3-7H2,1-2H3. The van der Waals surface area contributed by atoms with Crippen LogP contribution in [0.15, 0.2) is 0 Å². The largest absolute Gasteiger partial charge is 0.314 e. The van der Waals surface area contributed by atoms with Gasteiger partial charge in [-0.3, -0.25) is 4.90 Å². The lowest BCUT2D eigenvalue weighted by Crippen LogP contribution is -2.43. The molecule has 1 aliphatic rings. The second-order valence-electron chi connectivity index (χ2n) is 3.21. The zero-order valence-corrected chi connectivity index (χ0v) is 8.28. The second-order valence-corrected chi connectivity index (χ2v) is 4.75. The maximum Gasteiger partial charge on any atom is 0.0447 e. The van der Waals surface area contributed by atoms with E-state index in [1.807, 2.05) is 11.8 Å². The van der Waals surface area contributed by atoms with Crippen LogP contribution in [0.1, 0.15) is 13.8 Å². The first kappa shape index (κ1) is 9.36. The third kappa shape index (κ3) is 3.99. The molecule has 2 nitrogen and oxygen atoms in total. The maximum absolute atomic E-state index is 3.35. The molecule has 3 heteroatoms. The van der Waals surface area contributed by atoms with Gasteiger partial charge in [-0.15, -0.1) is 11.8 Å². The molecular weight excluding hydrogens is 156 g/mol. The van der Waals surface area contributed by atoms with Crippen molar-refractivity contribution in [2.45, 2.75) is 19.1 Å². The minimum absolute atomic E-state index is 0.768. The highest BCUT2D eigenvalue weighted by atomic mass is 32.2. The summed E-state index contributed by atoms with van der Waals surface area (Å²) >= 11 is 2.04. The highest BCUT2D eigenvalue weighted by Crippen LogP contribution is 2.11. The fourth-order valence-electron chi connectivity index (χ4n) is 1.09. The zero-order valence-electron chi connectivity index (χ0n) is 7.47. The number of nitrogens with one attached hydrogen (secondary N) is 1. The zero-order chi connectivity index (χ0) is 8.10. The van der Waals surface area contributed by atoms with Crippen molar-refractivity contribution in [1.29, 1.82) is 0 Å². The van der Waals surface area contributed by atoms with Gasteiger partial charge in [0.2, 0.25) is 0 Å². The Kier molecular flexibility index (Phi) is 4.26. The number of piperazine rings is 1. The molecule has 0 saturated carbocycles. The number of hydrogen-bond acceptors (Lipinski definition) is 3. The number of rotatable bonds is 3. The van der Waals surface area contributed by atoms with Crippen molar-refractivity contribution < 1.29 is 0 Å². The average Bonchev–Trinajstić information content (AvgIpc) is 2.03. The van der Waals surface area contributed by atoms with Crippen LogP contribution in [0.5, 0.6) is 0 Å². The van der Waals surface area contributed by atoms with Gasteiger partial charge in [-0.25, -0.2) is 0 Å². The third-order valence-corrected chi connectivity index (χ3v) is 2.98. The summed E-state index contributed by atoms with van der Waals surface area (Å²) in [5.41, 5.74) is 0. The van der Waals surface area contributed by atoms with Gasteiger partial charge < -0.3 is 5.32 Å². The molecule has 0 radical (unpaired) electrons. The topological polar surface area (TPSA) is 15.3 Å². The van der Waals surface area contributed by atoms with Crippen molar-refractivity contribution in [1.82, 2.24) is 10.2 Å². The van der Waals surface area contributed by atoms with Gasteiger partial charge in [0, 0.05) is 37.3 Å². The van der Waals surface area contributed by atoms with E-state index < -0.39 is 0 Å². The maximum atomic E-state index is 3.35. The quantitative estimate of drug-likeness (QED) is 0.687. The van der Waals surface area contributed by atoms with Gasteiger partial charge in [0.1, 0.15) is 0 Å². The highest BCUT2D eigenvalue weighted by Gasteiger charge is 2.08. The predicted molar refractivity (Wildman–Crippen MR) is 52.0 cm³/mol. The first-order chi connectivity index (χ1) is 5.29. The lowest BCUT2D eigenvalue weighted by atomic mass is 10.4. The third-order valence-electron chi connectivity index (χ3n) is 1.80. The van der Waals surface area contributed by atoms with Crippen molar-refractivity contribution in [2.24, 2.45) is 0 Å². The minimum Gasteiger partial charge on any atom is -0.314 e. The minimum atomic E-state index is 0.768. The first-order valence-corrected chi connectivity index (χ1v) is 5.38. The summed E-state index contributed by atoms with van der Waals surface area (Å²) in [5, 5.41) is 4.12. The fourth-order valence-corrected chi connectivity index (χ4v) is 1.86. The van der Waals surface area contributed by atoms with Crippen LogP contribution in [0.3, 0.4) is 0 Å². The summed E-state index contributed by atoms with van der Waals surface area (Å²) in [6.45, 7) is 9.29. The Balaban J connectivity index is 2.05. The molecule has 1 heterocycles. The Bertz CT molecular complexity index is 100. The van der Waals surface area contributed by atoms with Crippen LogP contribution in [0.2, 0.25) is 0 Å². The van der Waals surface area contributed by atoms with Crippen molar-refractivity contribution >= 4 is 11.8 Å². The molecule has 1 N–H and O–H groups in total. The van der Waals surface area contributed by atoms with E-state index in [4.69, 9.17) is 0 Å². The molecule has 11 heavy (non-hydrogen) atoms. The smallest absolute Gasteiger partial charge is 0.0447 e. The summed E-state index contributed by atoms with van der Waals surface area (Å²) in [5.74, 6) is 1.21. The van der Waals surface area contributed by atoms with Crippen LogP contribution in [-0.4, -0.2) is 42.2 Å². The Morgan fingerprint density at radius 3 is 2.55 bits per heavy atom. The molecule has 0 unspecified atom stereocenters. The van der Waals surface area contributed by atoms with Crippen LogP contribution in [0.25, 0.3) is 0 Å². The van der Waals surface area contributed by atoms with Crippen molar-refractivity contribution in [3.8, 4) is 0 Å². The number of nitrogens with zero attached hydrogens (tertiary/aromatic N) is 1. The summed E-state index contributed by atoms with van der Waals surface area (Å²) in [7, 11) is 0. The van der Waals surface area contributed by atoms with E-state index in [0.717, 1.165) is 5.25 Å². The van der Waals surface area contributed by atoms with Gasteiger partial charge in [0.25, 0.3) is 0 Å². The average molecular weight is 174 g/mol. The summed E-state index contributed by atoms with van der Waals surface area (Å²) in [4.78, 5) is 2.52. The Hall–Kier alpha value is 0.270. The summed E-state index contributed by atoms with van der Waals surface area (Å²) in [6.07, 6.45) is 0. The van der Waals surface area contributed by atoms with Gasteiger partial charge in [0.15, 0.2) is 0 Å². The van der Waals surface area contributed by atoms with Crippen LogP contribution in [0.4, 0.5) is 0 Å². The van der Waals surface area contributed by atoms with Gasteiger partial charge >= 0.3 is 0 Å². The normalized spacial score (nSPS) is 21.0. The monoisotopic (exact) mass is 174 g/mol. The molecule has 0 aromatic carbocycles. The molecule has 0 aromatic rings. The van der Waals surface area contributed by atoms with E-state index in [2.05, 4.69) is 24.1 Å². The van der Waals surface area contributed by atoms with Crippen molar-refractivity contribution in [2.75, 3.05) is 32.1 Å². The van der Waals surface area contributed by atoms with Crippen molar-refractivity contribution in [3.05, 3.63) is 0 Å². The highest BCUT2D eigenvalue weighted by molar-refractivity contribution is 7.99. The molecular formula is C8H18N2S. The van der Waals surface area contributed by atoms with E-state index in [1.54, 1.807) is 0 Å². The van der Waals surface area contributed by atoms with E-state index in [-0.39, 0.29) is 0 Å². The predicted octanol–water partition coefficient (Wildman–Crippen LogP) is 0.991. The Labute approximate surface area is 73.7 Å². The molecule has 0 aliphatic carbocycles. The van der Waals surface area contributed by atoms with Gasteiger partial charge in [-0.1, -0.05) is 13.8 Å². The molecule has 0 aromatic heterocycles. The van der Waals surface area contributed by atoms with Crippen LogP contribution >= 0.6 is 11.8 Å². The summed E-state index contributed by atoms with van der Waals surface area (Å²) < 4.78 is 0. The molecule has 0 bridgehead atoms. The Morgan fingerprint density at radius 1 is 1.36 bits per heavy atom. The van der Waals surface area contributed by atoms with Crippen molar-refractivity contribution in [3.63, 3.8) is 0 Å². The lowest BCUT2D eigenvalue weighted by molar-refractivity contribution is 0.280. The molecule has 1 saturated heterocycles. The Morgan fingerprint density at radius 2 is 2.00 bits per heavy atom. The fraction of sp³-hybridized carbons (Fsp3) is 1.00. The lowest BCUT2D eigenvalue weighted by Gasteiger charge is -2.27. The molecule has 0 amide bonds. The van der Waals surface area contributed by atoms with E-state index >= 15 is 0 Å². The molecule has 66 valence electrons. The SMILES string of the molecule is CC(C)SCN1CCNCC1. The number of thioether (sulfide) groups is 1. The van der Waals surface area contributed by atoms with Gasteiger partial charge in [-0.05, 0) is 0 Å².